The van der Waals surface area contributed by atoms with Crippen LogP contribution >= 0.6 is 0 Å². The van der Waals surface area contributed by atoms with E-state index in [9.17, 15) is 17.4 Å². The van der Waals surface area contributed by atoms with Crippen molar-refractivity contribution in [2.45, 2.75) is 57.3 Å². The van der Waals surface area contributed by atoms with Gasteiger partial charge in [-0.05, 0) is 32.6 Å². The molecule has 1 saturated heterocycles. The van der Waals surface area contributed by atoms with Crippen LogP contribution in [0.5, 0.6) is 0 Å². The summed E-state index contributed by atoms with van der Waals surface area (Å²) in [6.45, 7) is 1.92. The average Bonchev–Trinajstić information content (AvgIpc) is 2.19. The molecule has 1 unspecified atom stereocenters. The molecule has 0 aromatic rings. The Morgan fingerprint density at radius 3 is 2.47 bits per heavy atom. The summed E-state index contributed by atoms with van der Waals surface area (Å²) >= 11 is 0. The van der Waals surface area contributed by atoms with Gasteiger partial charge in [0.15, 0.2) is 0 Å². The van der Waals surface area contributed by atoms with Crippen LogP contribution in [0.25, 0.3) is 0 Å². The van der Waals surface area contributed by atoms with Crippen molar-refractivity contribution in [3.8, 4) is 0 Å². The lowest BCUT2D eigenvalue weighted by Gasteiger charge is -2.26. The number of halogens is 3. The Hall–Kier alpha value is -0.100. The van der Waals surface area contributed by atoms with E-state index in [0.29, 0.717) is 24.0 Å². The number of alkyl halides is 3. The predicted molar refractivity (Wildman–Crippen MR) is 63.4 cm³/mol. The third-order valence-electron chi connectivity index (χ3n) is 3.01. The first-order valence-corrected chi connectivity index (χ1v) is 7.53. The third-order valence-corrected chi connectivity index (χ3v) is 4.39. The van der Waals surface area contributed by atoms with Crippen molar-refractivity contribution < 1.29 is 17.4 Å². The number of hydrogen-bond acceptors (Lipinski definition) is 2. The minimum absolute atomic E-state index is 0.105. The molecule has 2 nitrogen and oxygen atoms in total. The van der Waals surface area contributed by atoms with Gasteiger partial charge in [-0.2, -0.15) is 13.2 Å². The van der Waals surface area contributed by atoms with E-state index in [-0.39, 0.29) is 12.5 Å². The zero-order valence-electron chi connectivity index (χ0n) is 10.1. The van der Waals surface area contributed by atoms with E-state index in [0.717, 1.165) is 12.8 Å². The van der Waals surface area contributed by atoms with E-state index in [1.807, 2.05) is 6.92 Å². The minimum atomic E-state index is -4.04. The van der Waals surface area contributed by atoms with E-state index in [1.165, 1.54) is 0 Å². The van der Waals surface area contributed by atoms with Crippen molar-refractivity contribution in [2.24, 2.45) is 0 Å². The summed E-state index contributed by atoms with van der Waals surface area (Å²) in [4.78, 5) is 0. The molecular weight excluding hydrogens is 251 g/mol. The first-order valence-electron chi connectivity index (χ1n) is 6.04. The highest BCUT2D eigenvalue weighted by Gasteiger charge is 2.26. The highest BCUT2D eigenvalue weighted by atomic mass is 32.2. The largest absolute Gasteiger partial charge is 0.389 e. The summed E-state index contributed by atoms with van der Waals surface area (Å²) in [6, 6.07) is 0.433. The molecule has 1 rings (SSSR count). The molecule has 102 valence electrons. The standard InChI is InChI=1S/C11H20F3NOS/c1-9(3-2-6-11(12,13)14)15-10-4-7-17(16)8-5-10/h9-10,15H,2-8H2,1H3. The molecule has 1 fully saturated rings. The molecule has 0 bridgehead atoms. The summed E-state index contributed by atoms with van der Waals surface area (Å²) in [7, 11) is -0.682. The molecule has 17 heavy (non-hydrogen) atoms. The van der Waals surface area contributed by atoms with Gasteiger partial charge in [0.05, 0.1) is 0 Å². The maximum absolute atomic E-state index is 12.0. The Balaban J connectivity index is 2.12. The molecule has 0 amide bonds. The second-order valence-corrected chi connectivity index (χ2v) is 6.39. The third kappa shape index (κ3) is 7.03. The fourth-order valence-electron chi connectivity index (χ4n) is 2.05. The summed E-state index contributed by atoms with van der Waals surface area (Å²) < 4.78 is 47.0. The number of nitrogens with one attached hydrogen (secondary N) is 1. The van der Waals surface area contributed by atoms with Gasteiger partial charge in [0.1, 0.15) is 0 Å². The molecule has 1 aliphatic rings. The summed E-state index contributed by atoms with van der Waals surface area (Å²) in [5.74, 6) is 1.43. The molecule has 0 saturated carbocycles. The van der Waals surface area contributed by atoms with Crippen LogP contribution in [0.4, 0.5) is 13.2 Å². The average molecular weight is 271 g/mol. The topological polar surface area (TPSA) is 29.1 Å². The number of hydrogen-bond donors (Lipinski definition) is 1. The van der Waals surface area contributed by atoms with E-state index in [1.54, 1.807) is 0 Å². The van der Waals surface area contributed by atoms with E-state index in [4.69, 9.17) is 0 Å². The lowest BCUT2D eigenvalue weighted by molar-refractivity contribution is -0.135. The Kier molecular flexibility index (Phi) is 5.92. The van der Waals surface area contributed by atoms with Gasteiger partial charge in [0.25, 0.3) is 0 Å². The Morgan fingerprint density at radius 2 is 1.94 bits per heavy atom. The maximum Gasteiger partial charge on any atom is 0.389 e. The molecule has 1 heterocycles. The SMILES string of the molecule is CC(CCCC(F)(F)F)NC1CCS(=O)CC1. The highest BCUT2D eigenvalue weighted by molar-refractivity contribution is 7.85. The minimum Gasteiger partial charge on any atom is -0.311 e. The van der Waals surface area contributed by atoms with Crippen molar-refractivity contribution in [3.05, 3.63) is 0 Å². The fourth-order valence-corrected chi connectivity index (χ4v) is 3.35. The van der Waals surface area contributed by atoms with Gasteiger partial charge in [-0.3, -0.25) is 4.21 Å². The molecule has 0 aromatic heterocycles. The predicted octanol–water partition coefficient (Wildman–Crippen LogP) is 2.61. The molecule has 1 atom stereocenters. The second kappa shape index (κ2) is 6.73. The van der Waals surface area contributed by atoms with Crippen molar-refractivity contribution in [1.29, 1.82) is 0 Å². The first kappa shape index (κ1) is 15.0. The fraction of sp³-hybridized carbons (Fsp3) is 1.00. The van der Waals surface area contributed by atoms with Crippen LogP contribution in [0.2, 0.25) is 0 Å². The Bertz CT molecular complexity index is 248. The Morgan fingerprint density at radius 1 is 1.35 bits per heavy atom. The van der Waals surface area contributed by atoms with E-state index >= 15 is 0 Å². The normalized spacial score (nSPS) is 28.0. The number of rotatable bonds is 5. The van der Waals surface area contributed by atoms with Gasteiger partial charge >= 0.3 is 6.18 Å². The van der Waals surface area contributed by atoms with Crippen molar-refractivity contribution >= 4 is 10.8 Å². The monoisotopic (exact) mass is 271 g/mol. The van der Waals surface area contributed by atoms with Crippen LogP contribution in [0.15, 0.2) is 0 Å². The van der Waals surface area contributed by atoms with Gasteiger partial charge in [-0.15, -0.1) is 0 Å². The van der Waals surface area contributed by atoms with Crippen molar-refractivity contribution in [3.63, 3.8) is 0 Å². The molecule has 0 radical (unpaired) electrons. The van der Waals surface area contributed by atoms with Crippen molar-refractivity contribution in [2.75, 3.05) is 11.5 Å². The summed E-state index contributed by atoms with van der Waals surface area (Å²) in [6.07, 6.45) is -2.28. The van der Waals surface area contributed by atoms with Gasteiger partial charge in [-0.1, -0.05) is 0 Å². The molecule has 0 aliphatic carbocycles. The van der Waals surface area contributed by atoms with Crippen LogP contribution in [0.3, 0.4) is 0 Å². The molecule has 0 aromatic carbocycles. The smallest absolute Gasteiger partial charge is 0.311 e. The molecule has 6 heteroatoms. The van der Waals surface area contributed by atoms with Crippen LogP contribution in [-0.4, -0.2) is 34.0 Å². The zero-order chi connectivity index (χ0) is 12.9. The first-order chi connectivity index (χ1) is 7.87. The zero-order valence-corrected chi connectivity index (χ0v) is 10.9. The quantitative estimate of drug-likeness (QED) is 0.833. The summed E-state index contributed by atoms with van der Waals surface area (Å²) in [5.41, 5.74) is 0. The highest BCUT2D eigenvalue weighted by Crippen LogP contribution is 2.22. The molecule has 1 N–H and O–H groups in total. The van der Waals surface area contributed by atoms with Crippen LogP contribution in [0, 0.1) is 0 Å². The molecule has 0 spiro atoms. The van der Waals surface area contributed by atoms with E-state index < -0.39 is 23.4 Å². The lowest BCUT2D eigenvalue weighted by atomic mass is 10.1. The van der Waals surface area contributed by atoms with Crippen LogP contribution < -0.4 is 5.32 Å². The summed E-state index contributed by atoms with van der Waals surface area (Å²) in [5, 5.41) is 3.32. The maximum atomic E-state index is 12.0. The lowest BCUT2D eigenvalue weighted by Crippen LogP contribution is -2.40. The van der Waals surface area contributed by atoms with Gasteiger partial charge < -0.3 is 5.32 Å². The van der Waals surface area contributed by atoms with Crippen LogP contribution in [0.1, 0.15) is 39.0 Å². The van der Waals surface area contributed by atoms with Gasteiger partial charge in [0.2, 0.25) is 0 Å². The van der Waals surface area contributed by atoms with Crippen LogP contribution in [-0.2, 0) is 10.8 Å². The Labute approximate surface area is 103 Å². The molecular formula is C11H20F3NOS. The second-order valence-electron chi connectivity index (χ2n) is 4.70. The van der Waals surface area contributed by atoms with Crippen molar-refractivity contribution in [1.82, 2.24) is 5.32 Å². The van der Waals surface area contributed by atoms with Gasteiger partial charge in [0, 0.05) is 40.8 Å². The molecule has 1 aliphatic heterocycles. The van der Waals surface area contributed by atoms with E-state index in [2.05, 4.69) is 5.32 Å². The van der Waals surface area contributed by atoms with Gasteiger partial charge in [-0.25, -0.2) is 0 Å².